The van der Waals surface area contributed by atoms with Crippen molar-refractivity contribution in [2.45, 2.75) is 33.2 Å². The molecule has 0 fully saturated rings. The van der Waals surface area contributed by atoms with E-state index in [9.17, 15) is 4.79 Å². The van der Waals surface area contributed by atoms with Crippen LogP contribution in [-0.2, 0) is 4.79 Å². The van der Waals surface area contributed by atoms with Crippen molar-refractivity contribution in [3.05, 3.63) is 29.3 Å². The highest BCUT2D eigenvalue weighted by atomic mass is 16.5. The average Bonchev–Trinajstić information content (AvgIpc) is 2.32. The number of rotatable bonds is 6. The Morgan fingerprint density at radius 3 is 2.56 bits per heavy atom. The molecule has 0 heterocycles. The SMILES string of the molecule is Cc1cccc(C)c1OCCC(=O)N[C@H](C)CO. The molecule has 4 nitrogen and oxygen atoms in total. The van der Waals surface area contributed by atoms with Gasteiger partial charge in [0.2, 0.25) is 5.91 Å². The van der Waals surface area contributed by atoms with Gasteiger partial charge in [0.25, 0.3) is 0 Å². The van der Waals surface area contributed by atoms with Crippen LogP contribution in [0.5, 0.6) is 5.75 Å². The molecule has 1 rings (SSSR count). The van der Waals surface area contributed by atoms with Crippen LogP contribution in [0.3, 0.4) is 0 Å². The number of aliphatic hydroxyl groups is 1. The summed E-state index contributed by atoms with van der Waals surface area (Å²) < 4.78 is 5.63. The number of carbonyl (C=O) groups excluding carboxylic acids is 1. The second-order valence-electron chi connectivity index (χ2n) is 4.47. The number of amides is 1. The first-order valence-corrected chi connectivity index (χ1v) is 6.13. The standard InChI is InChI=1S/C14H21NO3/c1-10-5-4-6-11(2)14(10)18-8-7-13(17)15-12(3)9-16/h4-6,12,16H,7-9H2,1-3H3,(H,15,17)/t12-/m1/s1. The predicted octanol–water partition coefficient (Wildman–Crippen LogP) is 1.57. The summed E-state index contributed by atoms with van der Waals surface area (Å²) in [4.78, 5) is 11.5. The minimum atomic E-state index is -0.210. The Morgan fingerprint density at radius 2 is 2.00 bits per heavy atom. The second kappa shape index (κ2) is 7.01. The van der Waals surface area contributed by atoms with E-state index in [0.717, 1.165) is 16.9 Å². The molecule has 0 radical (unpaired) electrons. The minimum Gasteiger partial charge on any atom is -0.493 e. The van der Waals surface area contributed by atoms with E-state index in [1.165, 1.54) is 0 Å². The molecule has 0 spiro atoms. The minimum absolute atomic E-state index is 0.0521. The van der Waals surface area contributed by atoms with Gasteiger partial charge >= 0.3 is 0 Å². The van der Waals surface area contributed by atoms with E-state index in [0.29, 0.717) is 6.61 Å². The molecule has 0 aliphatic heterocycles. The van der Waals surface area contributed by atoms with E-state index in [2.05, 4.69) is 5.32 Å². The third-order valence-electron chi connectivity index (χ3n) is 2.67. The molecule has 0 aliphatic rings. The summed E-state index contributed by atoms with van der Waals surface area (Å²) in [7, 11) is 0. The number of para-hydroxylation sites is 1. The molecule has 1 aromatic carbocycles. The van der Waals surface area contributed by atoms with Crippen molar-refractivity contribution in [3.63, 3.8) is 0 Å². The fourth-order valence-corrected chi connectivity index (χ4v) is 1.67. The van der Waals surface area contributed by atoms with Gasteiger partial charge < -0.3 is 15.2 Å². The van der Waals surface area contributed by atoms with Crippen LogP contribution in [0, 0.1) is 13.8 Å². The summed E-state index contributed by atoms with van der Waals surface area (Å²) >= 11 is 0. The van der Waals surface area contributed by atoms with Crippen molar-refractivity contribution in [1.29, 1.82) is 0 Å². The van der Waals surface area contributed by atoms with Crippen LogP contribution in [-0.4, -0.2) is 30.3 Å². The first kappa shape index (κ1) is 14.5. The van der Waals surface area contributed by atoms with Crippen molar-refractivity contribution < 1.29 is 14.6 Å². The summed E-state index contributed by atoms with van der Waals surface area (Å²) in [6.07, 6.45) is 0.290. The molecule has 1 amide bonds. The largest absolute Gasteiger partial charge is 0.493 e. The van der Waals surface area contributed by atoms with Crippen molar-refractivity contribution in [2.24, 2.45) is 0 Å². The number of carbonyl (C=O) groups is 1. The fraction of sp³-hybridized carbons (Fsp3) is 0.500. The molecule has 0 saturated carbocycles. The highest BCUT2D eigenvalue weighted by molar-refractivity contribution is 5.76. The zero-order chi connectivity index (χ0) is 13.5. The van der Waals surface area contributed by atoms with Gasteiger partial charge in [0.15, 0.2) is 0 Å². The van der Waals surface area contributed by atoms with E-state index in [1.807, 2.05) is 32.0 Å². The predicted molar refractivity (Wildman–Crippen MR) is 70.7 cm³/mol. The molecule has 18 heavy (non-hydrogen) atoms. The van der Waals surface area contributed by atoms with Crippen molar-refractivity contribution in [1.82, 2.24) is 5.32 Å². The van der Waals surface area contributed by atoms with Crippen molar-refractivity contribution >= 4 is 5.91 Å². The lowest BCUT2D eigenvalue weighted by Crippen LogP contribution is -2.35. The Hall–Kier alpha value is -1.55. The lowest BCUT2D eigenvalue weighted by atomic mass is 10.1. The van der Waals surface area contributed by atoms with Gasteiger partial charge in [-0.25, -0.2) is 0 Å². The Kier molecular flexibility index (Phi) is 5.65. The van der Waals surface area contributed by atoms with E-state index < -0.39 is 0 Å². The normalized spacial score (nSPS) is 12.0. The number of nitrogens with one attached hydrogen (secondary N) is 1. The van der Waals surface area contributed by atoms with Gasteiger partial charge in [0.1, 0.15) is 5.75 Å². The first-order chi connectivity index (χ1) is 8.54. The summed E-state index contributed by atoms with van der Waals surface area (Å²) in [5, 5.41) is 11.5. The van der Waals surface area contributed by atoms with E-state index in [4.69, 9.17) is 9.84 Å². The molecule has 4 heteroatoms. The molecule has 0 saturated heterocycles. The molecule has 1 aromatic rings. The maximum absolute atomic E-state index is 11.5. The molecule has 0 bridgehead atoms. The monoisotopic (exact) mass is 251 g/mol. The van der Waals surface area contributed by atoms with Crippen LogP contribution < -0.4 is 10.1 Å². The van der Waals surface area contributed by atoms with Gasteiger partial charge in [-0.15, -0.1) is 0 Å². The third kappa shape index (κ3) is 4.37. The quantitative estimate of drug-likeness (QED) is 0.807. The summed E-state index contributed by atoms with van der Waals surface area (Å²) in [5.74, 6) is 0.739. The number of hydrogen-bond donors (Lipinski definition) is 2. The number of benzene rings is 1. The smallest absolute Gasteiger partial charge is 0.223 e. The number of ether oxygens (including phenoxy) is 1. The fourth-order valence-electron chi connectivity index (χ4n) is 1.67. The van der Waals surface area contributed by atoms with Gasteiger partial charge in [-0.05, 0) is 31.9 Å². The zero-order valence-corrected chi connectivity index (χ0v) is 11.2. The van der Waals surface area contributed by atoms with Crippen LogP contribution in [0.2, 0.25) is 0 Å². The molecule has 100 valence electrons. The summed E-state index contributed by atoms with van der Waals surface area (Å²) in [6, 6.07) is 5.73. The summed E-state index contributed by atoms with van der Waals surface area (Å²) in [5.41, 5.74) is 2.14. The Labute approximate surface area is 108 Å². The molecule has 0 aromatic heterocycles. The van der Waals surface area contributed by atoms with Crippen LogP contribution in [0.15, 0.2) is 18.2 Å². The molecule has 2 N–H and O–H groups in total. The maximum Gasteiger partial charge on any atom is 0.223 e. The van der Waals surface area contributed by atoms with Crippen LogP contribution in [0.1, 0.15) is 24.5 Å². The summed E-state index contributed by atoms with van der Waals surface area (Å²) in [6.45, 7) is 6.01. The van der Waals surface area contributed by atoms with E-state index in [-0.39, 0.29) is 25.0 Å². The Balaban J connectivity index is 2.40. The topological polar surface area (TPSA) is 58.6 Å². The zero-order valence-electron chi connectivity index (χ0n) is 11.2. The number of aliphatic hydroxyl groups excluding tert-OH is 1. The van der Waals surface area contributed by atoms with E-state index in [1.54, 1.807) is 6.92 Å². The van der Waals surface area contributed by atoms with Crippen molar-refractivity contribution in [3.8, 4) is 5.75 Å². The first-order valence-electron chi connectivity index (χ1n) is 6.13. The van der Waals surface area contributed by atoms with Crippen molar-refractivity contribution in [2.75, 3.05) is 13.2 Å². The van der Waals surface area contributed by atoms with Gasteiger partial charge in [-0.3, -0.25) is 4.79 Å². The van der Waals surface area contributed by atoms with Crippen LogP contribution in [0.4, 0.5) is 0 Å². The van der Waals surface area contributed by atoms with Crippen LogP contribution >= 0.6 is 0 Å². The molecular weight excluding hydrogens is 230 g/mol. The average molecular weight is 251 g/mol. The highest BCUT2D eigenvalue weighted by Crippen LogP contribution is 2.22. The van der Waals surface area contributed by atoms with Gasteiger partial charge in [0, 0.05) is 6.04 Å². The Bertz CT molecular complexity index is 384. The number of aryl methyl sites for hydroxylation is 2. The molecular formula is C14H21NO3. The third-order valence-corrected chi connectivity index (χ3v) is 2.67. The molecule has 0 unspecified atom stereocenters. The second-order valence-corrected chi connectivity index (χ2v) is 4.47. The molecule has 1 atom stereocenters. The lowest BCUT2D eigenvalue weighted by Gasteiger charge is -2.13. The van der Waals surface area contributed by atoms with Gasteiger partial charge in [-0.1, -0.05) is 18.2 Å². The highest BCUT2D eigenvalue weighted by Gasteiger charge is 2.07. The number of hydrogen-bond acceptors (Lipinski definition) is 3. The maximum atomic E-state index is 11.5. The Morgan fingerprint density at radius 1 is 1.39 bits per heavy atom. The van der Waals surface area contributed by atoms with E-state index >= 15 is 0 Å². The van der Waals surface area contributed by atoms with Gasteiger partial charge in [-0.2, -0.15) is 0 Å². The lowest BCUT2D eigenvalue weighted by molar-refractivity contribution is -0.122. The van der Waals surface area contributed by atoms with Crippen LogP contribution in [0.25, 0.3) is 0 Å². The molecule has 0 aliphatic carbocycles. The van der Waals surface area contributed by atoms with Gasteiger partial charge in [0.05, 0.1) is 19.6 Å².